The van der Waals surface area contributed by atoms with Crippen molar-refractivity contribution in [2.75, 3.05) is 11.4 Å². The van der Waals surface area contributed by atoms with Crippen LogP contribution < -0.4 is 10.6 Å². The predicted molar refractivity (Wildman–Crippen MR) is 89.0 cm³/mol. The summed E-state index contributed by atoms with van der Waals surface area (Å²) in [5.41, 5.74) is 9.70. The number of aromatic nitrogens is 2. The molecular formula is C17H26N4. The second-order valence-electron chi connectivity index (χ2n) is 5.46. The minimum atomic E-state index is 0.182. The molecule has 2 rings (SSSR count). The normalized spacial score (nSPS) is 12.4. The number of rotatable bonds is 6. The number of anilines is 2. The zero-order valence-electron chi connectivity index (χ0n) is 13.5. The number of hydrogen-bond acceptors (Lipinski definition) is 3. The fraction of sp³-hybridized carbons (Fsp3) is 0.471. The molecule has 2 N–H and O–H groups in total. The van der Waals surface area contributed by atoms with E-state index in [0.717, 1.165) is 30.9 Å². The lowest BCUT2D eigenvalue weighted by atomic mass is 10.0. The largest absolute Gasteiger partial charge is 0.327 e. The van der Waals surface area contributed by atoms with Crippen LogP contribution in [0, 0.1) is 6.92 Å². The van der Waals surface area contributed by atoms with Crippen LogP contribution in [0.25, 0.3) is 0 Å². The monoisotopic (exact) mass is 286 g/mol. The Kier molecular flexibility index (Phi) is 5.02. The van der Waals surface area contributed by atoms with Gasteiger partial charge in [-0.1, -0.05) is 25.1 Å². The summed E-state index contributed by atoms with van der Waals surface area (Å²) in [4.78, 5) is 2.30. The van der Waals surface area contributed by atoms with Gasteiger partial charge in [0.25, 0.3) is 0 Å². The van der Waals surface area contributed by atoms with Crippen molar-refractivity contribution in [3.8, 4) is 0 Å². The van der Waals surface area contributed by atoms with Crippen molar-refractivity contribution in [2.24, 2.45) is 12.8 Å². The van der Waals surface area contributed by atoms with E-state index < -0.39 is 0 Å². The third-order valence-corrected chi connectivity index (χ3v) is 3.94. The van der Waals surface area contributed by atoms with E-state index in [9.17, 15) is 0 Å². The fourth-order valence-corrected chi connectivity index (χ4v) is 2.74. The van der Waals surface area contributed by atoms with Crippen LogP contribution in [0.15, 0.2) is 30.3 Å². The molecule has 1 unspecified atom stereocenters. The van der Waals surface area contributed by atoms with Gasteiger partial charge in [0.1, 0.15) is 5.82 Å². The Labute approximate surface area is 127 Å². The number of nitrogens with two attached hydrogens (primary N) is 1. The van der Waals surface area contributed by atoms with Crippen LogP contribution in [-0.4, -0.2) is 22.4 Å². The highest BCUT2D eigenvalue weighted by molar-refractivity contribution is 5.64. The van der Waals surface area contributed by atoms with E-state index in [4.69, 9.17) is 5.73 Å². The lowest BCUT2D eigenvalue weighted by molar-refractivity contribution is 0.643. The van der Waals surface area contributed by atoms with Gasteiger partial charge in [-0.15, -0.1) is 0 Å². The van der Waals surface area contributed by atoms with Crippen LogP contribution in [0.2, 0.25) is 0 Å². The van der Waals surface area contributed by atoms with Gasteiger partial charge in [0, 0.05) is 30.9 Å². The van der Waals surface area contributed by atoms with Crippen LogP contribution in [0.4, 0.5) is 11.5 Å². The molecule has 1 aromatic carbocycles. The van der Waals surface area contributed by atoms with Crippen LogP contribution in [0.3, 0.4) is 0 Å². The molecule has 0 amide bonds. The van der Waals surface area contributed by atoms with Gasteiger partial charge < -0.3 is 10.6 Å². The molecule has 2 aromatic rings. The number of nitrogens with zero attached hydrogens (tertiary/aromatic N) is 3. The van der Waals surface area contributed by atoms with E-state index in [-0.39, 0.29) is 6.04 Å². The van der Waals surface area contributed by atoms with Gasteiger partial charge in [0.2, 0.25) is 0 Å². The molecule has 114 valence electrons. The standard InChI is InChI=1S/C17H26N4/c1-5-14(18)12-16-13(3)19-20(4)17(16)21(6-2)15-10-8-7-9-11-15/h7-11,14H,5-6,12,18H2,1-4H3. The molecule has 21 heavy (non-hydrogen) atoms. The first-order valence-corrected chi connectivity index (χ1v) is 7.69. The summed E-state index contributed by atoms with van der Waals surface area (Å²) in [6.07, 6.45) is 1.85. The molecular weight excluding hydrogens is 260 g/mol. The molecule has 0 fully saturated rings. The first kappa shape index (κ1) is 15.6. The average Bonchev–Trinajstić information content (AvgIpc) is 2.76. The van der Waals surface area contributed by atoms with Gasteiger partial charge in [0.05, 0.1) is 5.69 Å². The van der Waals surface area contributed by atoms with Crippen LogP contribution in [-0.2, 0) is 13.5 Å². The van der Waals surface area contributed by atoms with E-state index in [1.54, 1.807) is 0 Å². The zero-order valence-corrected chi connectivity index (χ0v) is 13.5. The highest BCUT2D eigenvalue weighted by atomic mass is 15.4. The number of aryl methyl sites for hydroxylation is 2. The maximum Gasteiger partial charge on any atom is 0.134 e. The lowest BCUT2D eigenvalue weighted by Crippen LogP contribution is -2.25. The van der Waals surface area contributed by atoms with Crippen molar-refractivity contribution in [1.29, 1.82) is 0 Å². The van der Waals surface area contributed by atoms with Crippen molar-refractivity contribution in [1.82, 2.24) is 9.78 Å². The quantitative estimate of drug-likeness (QED) is 0.887. The Morgan fingerprint density at radius 3 is 2.48 bits per heavy atom. The highest BCUT2D eigenvalue weighted by Gasteiger charge is 2.20. The molecule has 0 aliphatic carbocycles. The lowest BCUT2D eigenvalue weighted by Gasteiger charge is -2.25. The third kappa shape index (κ3) is 3.27. The second kappa shape index (κ2) is 6.76. The number of hydrogen-bond donors (Lipinski definition) is 1. The van der Waals surface area contributed by atoms with Gasteiger partial charge >= 0.3 is 0 Å². The maximum atomic E-state index is 6.18. The van der Waals surface area contributed by atoms with E-state index in [0.29, 0.717) is 0 Å². The van der Waals surface area contributed by atoms with E-state index in [2.05, 4.69) is 55.0 Å². The third-order valence-electron chi connectivity index (χ3n) is 3.94. The minimum Gasteiger partial charge on any atom is -0.327 e. The van der Waals surface area contributed by atoms with Crippen molar-refractivity contribution in [3.05, 3.63) is 41.6 Å². The average molecular weight is 286 g/mol. The van der Waals surface area contributed by atoms with Crippen LogP contribution >= 0.6 is 0 Å². The Morgan fingerprint density at radius 2 is 1.90 bits per heavy atom. The summed E-state index contributed by atoms with van der Waals surface area (Å²) in [6, 6.07) is 10.6. The number of benzene rings is 1. The summed E-state index contributed by atoms with van der Waals surface area (Å²) in [5, 5.41) is 4.61. The summed E-state index contributed by atoms with van der Waals surface area (Å²) in [7, 11) is 2.01. The van der Waals surface area contributed by atoms with Gasteiger partial charge in [0.15, 0.2) is 0 Å². The molecule has 4 heteroatoms. The molecule has 0 radical (unpaired) electrons. The Bertz CT molecular complexity index is 574. The van der Waals surface area contributed by atoms with Gasteiger partial charge in [-0.25, -0.2) is 0 Å². The minimum absolute atomic E-state index is 0.182. The first-order valence-electron chi connectivity index (χ1n) is 7.69. The van der Waals surface area contributed by atoms with Crippen molar-refractivity contribution < 1.29 is 0 Å². The summed E-state index contributed by atoms with van der Waals surface area (Å²) in [5.74, 6) is 1.16. The van der Waals surface area contributed by atoms with Crippen molar-refractivity contribution in [2.45, 2.75) is 39.7 Å². The Balaban J connectivity index is 2.46. The molecule has 4 nitrogen and oxygen atoms in total. The smallest absolute Gasteiger partial charge is 0.134 e. The molecule has 1 atom stereocenters. The van der Waals surface area contributed by atoms with E-state index in [1.165, 1.54) is 11.3 Å². The fourth-order valence-electron chi connectivity index (χ4n) is 2.74. The summed E-state index contributed by atoms with van der Waals surface area (Å²) in [6.45, 7) is 7.26. The second-order valence-corrected chi connectivity index (χ2v) is 5.46. The Morgan fingerprint density at radius 1 is 1.24 bits per heavy atom. The molecule has 0 saturated heterocycles. The first-order chi connectivity index (χ1) is 10.1. The van der Waals surface area contributed by atoms with Crippen LogP contribution in [0.5, 0.6) is 0 Å². The molecule has 0 aliphatic rings. The van der Waals surface area contributed by atoms with E-state index >= 15 is 0 Å². The summed E-state index contributed by atoms with van der Waals surface area (Å²) >= 11 is 0. The van der Waals surface area contributed by atoms with Crippen molar-refractivity contribution in [3.63, 3.8) is 0 Å². The molecule has 1 heterocycles. The maximum absolute atomic E-state index is 6.18. The zero-order chi connectivity index (χ0) is 15.4. The molecule has 0 saturated carbocycles. The molecule has 0 aliphatic heterocycles. The molecule has 0 spiro atoms. The SMILES string of the molecule is CCC(N)Cc1c(C)nn(C)c1N(CC)c1ccccc1. The van der Waals surface area contributed by atoms with Crippen LogP contribution in [0.1, 0.15) is 31.5 Å². The van der Waals surface area contributed by atoms with Gasteiger partial charge in [-0.2, -0.15) is 5.10 Å². The van der Waals surface area contributed by atoms with Crippen molar-refractivity contribution >= 4 is 11.5 Å². The Hall–Kier alpha value is -1.81. The van der Waals surface area contributed by atoms with E-state index in [1.807, 2.05) is 17.8 Å². The number of para-hydroxylation sites is 1. The summed E-state index contributed by atoms with van der Waals surface area (Å²) < 4.78 is 1.98. The molecule has 0 bridgehead atoms. The van der Waals surface area contributed by atoms with Gasteiger partial charge in [-0.3, -0.25) is 4.68 Å². The van der Waals surface area contributed by atoms with Gasteiger partial charge in [-0.05, 0) is 38.8 Å². The predicted octanol–water partition coefficient (Wildman–Crippen LogP) is 3.17. The molecule has 1 aromatic heterocycles. The topological polar surface area (TPSA) is 47.1 Å². The highest BCUT2D eigenvalue weighted by Crippen LogP contribution is 2.30.